The van der Waals surface area contributed by atoms with Crippen molar-refractivity contribution in [3.05, 3.63) is 47.7 Å². The molecule has 6 nitrogen and oxygen atoms in total. The Morgan fingerprint density at radius 1 is 1.28 bits per heavy atom. The van der Waals surface area contributed by atoms with Gasteiger partial charge in [-0.1, -0.05) is 6.92 Å². The van der Waals surface area contributed by atoms with Gasteiger partial charge in [-0.15, -0.1) is 0 Å². The molecule has 2 atom stereocenters. The average molecular weight is 476 g/mol. The fourth-order valence-corrected chi connectivity index (χ4v) is 3.99. The maximum Gasteiger partial charge on any atom is 0.416 e. The summed E-state index contributed by atoms with van der Waals surface area (Å²) in [4.78, 5) is 18.2. The molecule has 2 aromatic rings. The van der Waals surface area contributed by atoms with Gasteiger partial charge in [-0.25, -0.2) is 22.8 Å². The molecule has 0 bridgehead atoms. The molecule has 1 saturated heterocycles. The van der Waals surface area contributed by atoms with Crippen LogP contribution >= 0.6 is 0 Å². The monoisotopic (exact) mass is 476 g/mol. The van der Waals surface area contributed by atoms with Gasteiger partial charge in [0.05, 0.1) is 20.9 Å². The van der Waals surface area contributed by atoms with Crippen molar-refractivity contribution in [1.29, 1.82) is 4.78 Å². The minimum absolute atomic E-state index is 0.0868. The van der Waals surface area contributed by atoms with E-state index >= 15 is 0 Å². The summed E-state index contributed by atoms with van der Waals surface area (Å²) in [5.41, 5.74) is -1.20. The summed E-state index contributed by atoms with van der Waals surface area (Å²) in [5, 5.41) is 2.32. The van der Waals surface area contributed by atoms with E-state index in [2.05, 4.69) is 10.3 Å². The van der Waals surface area contributed by atoms with E-state index in [9.17, 15) is 31.0 Å². The van der Waals surface area contributed by atoms with Gasteiger partial charge in [-0.05, 0) is 30.3 Å². The van der Waals surface area contributed by atoms with Crippen LogP contribution in [0.2, 0.25) is 0 Å². The topological polar surface area (TPSA) is 86.2 Å². The Balaban J connectivity index is 1.99. The molecule has 0 saturated carbocycles. The smallest absolute Gasteiger partial charge is 0.370 e. The first-order valence-electron chi connectivity index (χ1n) is 9.54. The highest BCUT2D eigenvalue weighted by Gasteiger charge is 2.42. The third kappa shape index (κ3) is 5.17. The number of aromatic nitrogens is 1. The normalized spacial score (nSPS) is 20.5. The highest BCUT2D eigenvalue weighted by atomic mass is 32.2. The van der Waals surface area contributed by atoms with Crippen LogP contribution in [0.1, 0.15) is 29.3 Å². The van der Waals surface area contributed by atoms with Crippen molar-refractivity contribution in [2.75, 3.05) is 29.6 Å². The lowest BCUT2D eigenvalue weighted by Crippen LogP contribution is -2.46. The van der Waals surface area contributed by atoms with Crippen LogP contribution in [0.25, 0.3) is 0 Å². The number of hydrogen-bond donors (Lipinski definition) is 2. The van der Waals surface area contributed by atoms with Crippen LogP contribution in [-0.2, 0) is 15.9 Å². The molecule has 12 heteroatoms. The van der Waals surface area contributed by atoms with Gasteiger partial charge >= 0.3 is 6.18 Å². The molecule has 1 aromatic carbocycles. The van der Waals surface area contributed by atoms with E-state index in [0.717, 1.165) is 18.4 Å². The molecule has 1 aromatic heterocycles. The van der Waals surface area contributed by atoms with Crippen LogP contribution in [0.15, 0.2) is 41.6 Å². The van der Waals surface area contributed by atoms with Gasteiger partial charge in [0.2, 0.25) is 0 Å². The van der Waals surface area contributed by atoms with Crippen molar-refractivity contribution in [3.8, 4) is 0 Å². The Morgan fingerprint density at radius 2 is 1.97 bits per heavy atom. The van der Waals surface area contributed by atoms with Gasteiger partial charge in [0.1, 0.15) is 5.03 Å². The van der Waals surface area contributed by atoms with Crippen molar-refractivity contribution < 1.29 is 31.0 Å². The van der Waals surface area contributed by atoms with Gasteiger partial charge < -0.3 is 10.2 Å². The zero-order chi connectivity index (χ0) is 23.9. The molecule has 1 aliphatic heterocycles. The number of rotatable bonds is 4. The second-order valence-corrected chi connectivity index (χ2v) is 9.87. The summed E-state index contributed by atoms with van der Waals surface area (Å²) in [6, 6.07) is 5.13. The summed E-state index contributed by atoms with van der Waals surface area (Å²) >= 11 is 0. The van der Waals surface area contributed by atoms with Crippen LogP contribution in [-0.4, -0.2) is 40.4 Å². The predicted molar refractivity (Wildman–Crippen MR) is 110 cm³/mol. The van der Waals surface area contributed by atoms with Crippen LogP contribution in [0, 0.1) is 10.7 Å². The summed E-state index contributed by atoms with van der Waals surface area (Å²) in [7, 11) is -3.18. The fraction of sp³-hybridized carbons (Fsp3) is 0.400. The number of anilines is 2. The van der Waals surface area contributed by atoms with E-state index in [-0.39, 0.29) is 35.1 Å². The molecule has 0 spiro atoms. The van der Waals surface area contributed by atoms with Crippen molar-refractivity contribution >= 4 is 27.0 Å². The fourth-order valence-electron chi connectivity index (χ4n) is 3.37. The SMILES string of the molecule is C[C@@H]1CN(c2ccc(C(F)(F)F)cc2C(=O)Nc2ccnc([S@](C)(=N)=O)c2)CCC1(F)F. The quantitative estimate of drug-likeness (QED) is 0.617. The summed E-state index contributed by atoms with van der Waals surface area (Å²) in [5.74, 6) is -4.85. The number of halogens is 5. The average Bonchev–Trinajstić information content (AvgIpc) is 2.68. The number of carbonyl (C=O) groups excluding carboxylic acids is 1. The van der Waals surface area contributed by atoms with Gasteiger partial charge in [-0.3, -0.25) is 4.79 Å². The van der Waals surface area contributed by atoms with E-state index in [1.807, 2.05) is 0 Å². The van der Waals surface area contributed by atoms with Gasteiger partial charge in [0, 0.05) is 49.3 Å². The zero-order valence-electron chi connectivity index (χ0n) is 17.2. The number of piperidine rings is 1. The Kier molecular flexibility index (Phi) is 6.20. The molecule has 1 aliphatic rings. The van der Waals surface area contributed by atoms with E-state index in [0.29, 0.717) is 6.07 Å². The van der Waals surface area contributed by atoms with Crippen molar-refractivity contribution in [3.63, 3.8) is 0 Å². The molecule has 0 unspecified atom stereocenters. The molecule has 1 amide bonds. The lowest BCUT2D eigenvalue weighted by molar-refractivity contribution is -0.137. The standard InChI is InChI=1S/C20H21F5N4O2S/c1-12-11-29(8-6-19(12,21)22)16-4-3-13(20(23,24)25)9-15(16)18(30)28-14-5-7-27-17(10-14)32(2,26)31/h3-5,7,9-10,12,26H,6,8,11H2,1-2H3,(H,27,28,30)/t12-,32-/m1/s1. The molecule has 0 aliphatic carbocycles. The van der Waals surface area contributed by atoms with Crippen LogP contribution < -0.4 is 10.2 Å². The van der Waals surface area contributed by atoms with Crippen LogP contribution in [0.4, 0.5) is 33.3 Å². The molecular weight excluding hydrogens is 455 g/mol. The number of amides is 1. The molecular formula is C20H21F5N4O2S. The number of benzene rings is 1. The maximum absolute atomic E-state index is 13.9. The van der Waals surface area contributed by atoms with Crippen LogP contribution in [0.5, 0.6) is 0 Å². The Hall–Kier alpha value is -2.76. The first kappa shape index (κ1) is 23.9. The third-order valence-electron chi connectivity index (χ3n) is 5.23. The van der Waals surface area contributed by atoms with E-state index in [1.54, 1.807) is 0 Å². The third-order valence-corrected chi connectivity index (χ3v) is 6.25. The van der Waals surface area contributed by atoms with E-state index < -0.39 is 45.6 Å². The number of hydrogen-bond acceptors (Lipinski definition) is 5. The lowest BCUT2D eigenvalue weighted by atomic mass is 9.94. The number of alkyl halides is 5. The Labute approximate surface area is 181 Å². The van der Waals surface area contributed by atoms with Gasteiger partial charge in [0.25, 0.3) is 11.8 Å². The molecule has 1 fully saturated rings. The Bertz CT molecular complexity index is 1140. The first-order valence-corrected chi connectivity index (χ1v) is 11.5. The molecule has 2 N–H and O–H groups in total. The predicted octanol–water partition coefficient (Wildman–Crippen LogP) is 4.87. The number of nitrogens with one attached hydrogen (secondary N) is 2. The number of nitrogens with zero attached hydrogens (tertiary/aromatic N) is 2. The second kappa shape index (κ2) is 8.30. The highest BCUT2D eigenvalue weighted by molar-refractivity contribution is 7.91. The zero-order valence-corrected chi connectivity index (χ0v) is 18.0. The van der Waals surface area contributed by atoms with Gasteiger partial charge in [0.15, 0.2) is 0 Å². The molecule has 0 radical (unpaired) electrons. The van der Waals surface area contributed by atoms with Crippen molar-refractivity contribution in [2.45, 2.75) is 30.5 Å². The summed E-state index contributed by atoms with van der Waals surface area (Å²) < 4.78 is 87.1. The highest BCUT2D eigenvalue weighted by Crippen LogP contribution is 2.38. The van der Waals surface area contributed by atoms with E-state index in [1.165, 1.54) is 30.2 Å². The minimum Gasteiger partial charge on any atom is -0.370 e. The molecule has 174 valence electrons. The van der Waals surface area contributed by atoms with E-state index in [4.69, 9.17) is 4.78 Å². The summed E-state index contributed by atoms with van der Waals surface area (Å²) in [6.45, 7) is 1.09. The maximum atomic E-state index is 13.9. The largest absolute Gasteiger partial charge is 0.416 e. The van der Waals surface area contributed by atoms with Crippen LogP contribution in [0.3, 0.4) is 0 Å². The van der Waals surface area contributed by atoms with Gasteiger partial charge in [-0.2, -0.15) is 13.2 Å². The molecule has 32 heavy (non-hydrogen) atoms. The second-order valence-electron chi connectivity index (χ2n) is 7.77. The molecule has 2 heterocycles. The molecule has 3 rings (SSSR count). The number of pyridine rings is 1. The van der Waals surface area contributed by atoms with Crippen molar-refractivity contribution in [1.82, 2.24) is 4.98 Å². The lowest BCUT2D eigenvalue weighted by Gasteiger charge is -2.38. The first-order chi connectivity index (χ1) is 14.7. The number of carbonyl (C=O) groups is 1. The minimum atomic E-state index is -4.71. The summed E-state index contributed by atoms with van der Waals surface area (Å²) in [6.07, 6.45) is -2.85. The van der Waals surface area contributed by atoms with Crippen molar-refractivity contribution in [2.24, 2.45) is 5.92 Å². The Morgan fingerprint density at radius 3 is 2.56 bits per heavy atom.